The van der Waals surface area contributed by atoms with Gasteiger partial charge in [-0.3, -0.25) is 0 Å². The van der Waals surface area contributed by atoms with E-state index in [4.69, 9.17) is 4.52 Å². The summed E-state index contributed by atoms with van der Waals surface area (Å²) in [6.45, 7) is 8.18. The van der Waals surface area contributed by atoms with Gasteiger partial charge in [-0.2, -0.15) is 9.40 Å². The van der Waals surface area contributed by atoms with E-state index >= 15 is 0 Å². The minimum absolute atomic E-state index is 0.154. The monoisotopic (exact) mass is 484 g/mol. The molecule has 0 bridgehead atoms. The summed E-state index contributed by atoms with van der Waals surface area (Å²) in [5, 5.41) is 8.46. The van der Waals surface area contributed by atoms with E-state index in [1.807, 2.05) is 17.8 Å². The van der Waals surface area contributed by atoms with Gasteiger partial charge in [-0.05, 0) is 56.9 Å². The van der Waals surface area contributed by atoms with Crippen LogP contribution in [0, 0.1) is 25.6 Å². The number of halogens is 1. The second-order valence-electron chi connectivity index (χ2n) is 9.24. The molecule has 0 radical (unpaired) electrons. The van der Waals surface area contributed by atoms with Gasteiger partial charge in [-0.15, -0.1) is 0 Å². The summed E-state index contributed by atoms with van der Waals surface area (Å²) in [7, 11) is -3.70. The average molecular weight is 485 g/mol. The highest BCUT2D eigenvalue weighted by molar-refractivity contribution is 7.89. The van der Waals surface area contributed by atoms with Crippen molar-refractivity contribution >= 4 is 10.0 Å². The third-order valence-corrected chi connectivity index (χ3v) is 9.46. The summed E-state index contributed by atoms with van der Waals surface area (Å²) >= 11 is 0. The Bertz CT molecular complexity index is 1350. The molecule has 0 aliphatic heterocycles. The Morgan fingerprint density at radius 1 is 1.24 bits per heavy atom. The van der Waals surface area contributed by atoms with Crippen molar-refractivity contribution in [3.8, 4) is 5.69 Å². The van der Waals surface area contributed by atoms with Crippen molar-refractivity contribution < 1.29 is 17.3 Å². The normalized spacial score (nSPS) is 20.2. The lowest BCUT2D eigenvalue weighted by atomic mass is 9.80. The zero-order valence-corrected chi connectivity index (χ0v) is 20.7. The fraction of sp³-hybridized carbons (Fsp3) is 0.440. The number of allylic oxidation sites excluding steroid dienone is 1. The SMILES string of the molecule is CCN(C[C@H]1CCC2=C1[C@@H](C)c1cnn(-c3ccc(F)cc3)c1C2)S(=O)(=O)c1c(C)noc1C. The fourth-order valence-corrected chi connectivity index (χ4v) is 7.48. The van der Waals surface area contributed by atoms with Crippen molar-refractivity contribution in [3.63, 3.8) is 0 Å². The standard InChI is InChI=1S/C25H29FN4O3S/c1-5-29(34(31,32)25-16(3)28-33-17(25)4)14-19-7-6-18-12-23-22(15(2)24(18)19)13-27-30(23)21-10-8-20(26)9-11-21/h8-11,13,15,19H,5-7,12,14H2,1-4H3/t15-,19+/m0/s1. The van der Waals surface area contributed by atoms with E-state index in [0.717, 1.165) is 36.2 Å². The zero-order valence-electron chi connectivity index (χ0n) is 19.9. The lowest BCUT2D eigenvalue weighted by molar-refractivity contribution is 0.367. The molecule has 0 saturated carbocycles. The molecule has 3 aromatic rings. The van der Waals surface area contributed by atoms with E-state index in [9.17, 15) is 12.8 Å². The highest BCUT2D eigenvalue weighted by Gasteiger charge is 2.39. The predicted octanol–water partition coefficient (Wildman–Crippen LogP) is 4.69. The molecule has 2 aromatic heterocycles. The van der Waals surface area contributed by atoms with Gasteiger partial charge in [0.25, 0.3) is 0 Å². The Balaban J connectivity index is 1.43. The molecule has 7 nitrogen and oxygen atoms in total. The van der Waals surface area contributed by atoms with Gasteiger partial charge in [-0.25, -0.2) is 17.5 Å². The summed E-state index contributed by atoms with van der Waals surface area (Å²) in [6, 6.07) is 6.38. The van der Waals surface area contributed by atoms with E-state index in [-0.39, 0.29) is 22.5 Å². The summed E-state index contributed by atoms with van der Waals surface area (Å²) in [4.78, 5) is 0.182. The van der Waals surface area contributed by atoms with E-state index in [0.29, 0.717) is 24.5 Å². The Hall–Kier alpha value is -2.78. The van der Waals surface area contributed by atoms with Crippen LogP contribution < -0.4 is 0 Å². The van der Waals surface area contributed by atoms with Crippen molar-refractivity contribution in [2.24, 2.45) is 5.92 Å². The number of benzene rings is 1. The van der Waals surface area contributed by atoms with Gasteiger partial charge < -0.3 is 4.52 Å². The number of sulfonamides is 1. The van der Waals surface area contributed by atoms with Crippen LogP contribution in [-0.4, -0.2) is 40.7 Å². The Kier molecular flexibility index (Phi) is 5.72. The predicted molar refractivity (Wildman–Crippen MR) is 126 cm³/mol. The molecule has 0 N–H and O–H groups in total. The summed E-state index contributed by atoms with van der Waals surface area (Å²) in [5.74, 6) is 0.364. The van der Waals surface area contributed by atoms with Gasteiger partial charge in [0.1, 0.15) is 16.4 Å². The first-order valence-electron chi connectivity index (χ1n) is 11.7. The molecule has 2 aliphatic carbocycles. The van der Waals surface area contributed by atoms with Crippen LogP contribution in [0.3, 0.4) is 0 Å². The Morgan fingerprint density at radius 2 is 1.97 bits per heavy atom. The number of fused-ring (bicyclic) bond motifs is 1. The Morgan fingerprint density at radius 3 is 2.62 bits per heavy atom. The third-order valence-electron chi connectivity index (χ3n) is 7.27. The van der Waals surface area contributed by atoms with Crippen molar-refractivity contribution in [2.75, 3.05) is 13.1 Å². The van der Waals surface area contributed by atoms with Crippen LogP contribution in [0.2, 0.25) is 0 Å². The topological polar surface area (TPSA) is 81.2 Å². The van der Waals surface area contributed by atoms with E-state index in [1.165, 1.54) is 23.3 Å². The zero-order chi connectivity index (χ0) is 24.2. The van der Waals surface area contributed by atoms with Gasteiger partial charge in [0.2, 0.25) is 10.0 Å². The number of hydrogen-bond donors (Lipinski definition) is 0. The molecule has 0 unspecified atom stereocenters. The molecule has 2 atom stereocenters. The quantitative estimate of drug-likeness (QED) is 0.474. The van der Waals surface area contributed by atoms with Crippen LogP contribution in [0.25, 0.3) is 5.69 Å². The second-order valence-corrected chi connectivity index (χ2v) is 11.1. The maximum absolute atomic E-state index is 13.4. The average Bonchev–Trinajstić information content (AvgIpc) is 3.50. The van der Waals surface area contributed by atoms with Gasteiger partial charge >= 0.3 is 0 Å². The Labute approximate surface area is 199 Å². The van der Waals surface area contributed by atoms with Crippen LogP contribution in [0.1, 0.15) is 55.3 Å². The van der Waals surface area contributed by atoms with E-state index in [2.05, 4.69) is 17.2 Å². The molecule has 180 valence electrons. The molecule has 5 rings (SSSR count). The lowest BCUT2D eigenvalue weighted by Gasteiger charge is -2.30. The number of rotatable bonds is 6. The minimum Gasteiger partial charge on any atom is -0.360 e. The molecule has 1 aromatic carbocycles. The maximum Gasteiger partial charge on any atom is 0.248 e. The minimum atomic E-state index is -3.70. The molecule has 2 heterocycles. The van der Waals surface area contributed by atoms with E-state index < -0.39 is 10.0 Å². The first kappa shape index (κ1) is 23.0. The first-order valence-corrected chi connectivity index (χ1v) is 13.1. The molecule has 0 saturated heterocycles. The van der Waals surface area contributed by atoms with Gasteiger partial charge in [0.15, 0.2) is 5.76 Å². The third kappa shape index (κ3) is 3.62. The van der Waals surface area contributed by atoms with Crippen LogP contribution in [-0.2, 0) is 16.4 Å². The van der Waals surface area contributed by atoms with Crippen LogP contribution in [0.5, 0.6) is 0 Å². The van der Waals surface area contributed by atoms with Gasteiger partial charge in [-0.1, -0.05) is 30.2 Å². The molecule has 0 fully saturated rings. The summed E-state index contributed by atoms with van der Waals surface area (Å²) < 4.78 is 48.9. The summed E-state index contributed by atoms with van der Waals surface area (Å²) in [6.07, 6.45) is 4.56. The molecule has 34 heavy (non-hydrogen) atoms. The largest absolute Gasteiger partial charge is 0.360 e. The number of aromatic nitrogens is 3. The second kappa shape index (κ2) is 8.46. The number of hydrogen-bond acceptors (Lipinski definition) is 5. The summed E-state index contributed by atoms with van der Waals surface area (Å²) in [5.41, 5.74) is 6.25. The highest BCUT2D eigenvalue weighted by Crippen LogP contribution is 2.47. The van der Waals surface area contributed by atoms with Crippen LogP contribution in [0.4, 0.5) is 4.39 Å². The maximum atomic E-state index is 13.4. The van der Waals surface area contributed by atoms with Gasteiger partial charge in [0.05, 0.1) is 17.6 Å². The number of aryl methyl sites for hydroxylation is 2. The smallest absolute Gasteiger partial charge is 0.248 e. The number of nitrogens with zero attached hydrogens (tertiary/aromatic N) is 4. The molecule has 9 heteroatoms. The molecular formula is C25H29FN4O3S. The first-order chi connectivity index (χ1) is 16.2. The van der Waals surface area contributed by atoms with Crippen molar-refractivity contribution in [2.45, 2.75) is 57.8 Å². The van der Waals surface area contributed by atoms with E-state index in [1.54, 1.807) is 30.3 Å². The molecular weight excluding hydrogens is 455 g/mol. The van der Waals surface area contributed by atoms with Crippen molar-refractivity contribution in [1.82, 2.24) is 19.2 Å². The van der Waals surface area contributed by atoms with Crippen molar-refractivity contribution in [3.05, 3.63) is 70.1 Å². The fourth-order valence-electron chi connectivity index (χ4n) is 5.69. The molecule has 2 aliphatic rings. The van der Waals surface area contributed by atoms with Crippen molar-refractivity contribution in [1.29, 1.82) is 0 Å². The highest BCUT2D eigenvalue weighted by atomic mass is 32.2. The van der Waals surface area contributed by atoms with Crippen LogP contribution in [0.15, 0.2) is 51.0 Å². The molecule has 0 spiro atoms. The van der Waals surface area contributed by atoms with Crippen LogP contribution >= 0.6 is 0 Å². The van der Waals surface area contributed by atoms with Gasteiger partial charge in [0, 0.05) is 31.0 Å². The lowest BCUT2D eigenvalue weighted by Crippen LogP contribution is -2.36. The molecule has 0 amide bonds.